The minimum Gasteiger partial charge on any atom is -0.378 e. The van der Waals surface area contributed by atoms with Gasteiger partial charge in [-0.1, -0.05) is 12.1 Å². The highest BCUT2D eigenvalue weighted by atomic mass is 19.4. The number of hydrogen-bond donors (Lipinski definition) is 0. The first-order valence-corrected chi connectivity index (χ1v) is 10.1. The molecule has 2 aliphatic heterocycles. The average molecular weight is 427 g/mol. The SMILES string of the molecule is FC(F)(F)c1cccc(-c2nc(N3CCOCC3)nc3c2CCN3c2ccncc2)c1. The predicted molar refractivity (Wildman–Crippen MR) is 110 cm³/mol. The second-order valence-corrected chi connectivity index (χ2v) is 7.46. The van der Waals surface area contributed by atoms with Crippen LogP contribution in [-0.2, 0) is 17.3 Å². The molecule has 0 N–H and O–H groups in total. The molecule has 9 heteroatoms. The van der Waals surface area contributed by atoms with Crippen molar-refractivity contribution in [2.24, 2.45) is 0 Å². The van der Waals surface area contributed by atoms with Crippen molar-refractivity contribution in [2.75, 3.05) is 42.6 Å². The van der Waals surface area contributed by atoms with Crippen LogP contribution in [0, 0.1) is 0 Å². The van der Waals surface area contributed by atoms with Crippen molar-refractivity contribution >= 4 is 17.5 Å². The van der Waals surface area contributed by atoms with Gasteiger partial charge in [-0.15, -0.1) is 0 Å². The zero-order valence-corrected chi connectivity index (χ0v) is 16.6. The van der Waals surface area contributed by atoms with Crippen LogP contribution in [0.15, 0.2) is 48.8 Å². The Balaban J connectivity index is 1.65. The van der Waals surface area contributed by atoms with Crippen molar-refractivity contribution in [1.29, 1.82) is 0 Å². The monoisotopic (exact) mass is 427 g/mol. The summed E-state index contributed by atoms with van der Waals surface area (Å²) in [4.78, 5) is 17.7. The standard InChI is InChI=1S/C22H20F3N5O/c23-22(24,25)16-3-1-2-15(14-16)19-18-6-9-30(17-4-7-26-8-5-17)20(18)28-21(27-19)29-10-12-31-13-11-29/h1-5,7-8,14H,6,9-13H2. The normalized spacial score (nSPS) is 16.5. The Morgan fingerprint density at radius 2 is 1.71 bits per heavy atom. The van der Waals surface area contributed by atoms with E-state index >= 15 is 0 Å². The van der Waals surface area contributed by atoms with Crippen LogP contribution >= 0.6 is 0 Å². The molecular formula is C22H20F3N5O. The molecule has 0 unspecified atom stereocenters. The van der Waals surface area contributed by atoms with Crippen molar-refractivity contribution in [3.05, 3.63) is 59.9 Å². The molecular weight excluding hydrogens is 407 g/mol. The first kappa shape index (κ1) is 19.7. The van der Waals surface area contributed by atoms with Crippen LogP contribution in [-0.4, -0.2) is 47.8 Å². The molecule has 31 heavy (non-hydrogen) atoms. The average Bonchev–Trinajstić information content (AvgIpc) is 3.23. The number of alkyl halides is 3. The first-order chi connectivity index (χ1) is 15.0. The van der Waals surface area contributed by atoms with Crippen LogP contribution < -0.4 is 9.80 Å². The van der Waals surface area contributed by atoms with Gasteiger partial charge >= 0.3 is 6.18 Å². The molecule has 5 rings (SSSR count). The quantitative estimate of drug-likeness (QED) is 0.628. The summed E-state index contributed by atoms with van der Waals surface area (Å²) in [5, 5.41) is 0. The molecule has 3 aromatic rings. The van der Waals surface area contributed by atoms with Gasteiger partial charge in [0.2, 0.25) is 5.95 Å². The smallest absolute Gasteiger partial charge is 0.378 e. The van der Waals surface area contributed by atoms with E-state index < -0.39 is 11.7 Å². The maximum Gasteiger partial charge on any atom is 0.416 e. The fourth-order valence-electron chi connectivity index (χ4n) is 4.01. The molecule has 0 atom stereocenters. The molecule has 1 aromatic carbocycles. The second kappa shape index (κ2) is 7.81. The topological polar surface area (TPSA) is 54.4 Å². The van der Waals surface area contributed by atoms with Gasteiger partial charge in [-0.3, -0.25) is 4.98 Å². The van der Waals surface area contributed by atoms with Gasteiger partial charge in [0.25, 0.3) is 0 Å². The summed E-state index contributed by atoms with van der Waals surface area (Å²) < 4.78 is 45.5. The molecule has 0 spiro atoms. The number of halogens is 3. The summed E-state index contributed by atoms with van der Waals surface area (Å²) in [6.07, 6.45) is -0.342. The molecule has 1 saturated heterocycles. The maximum atomic E-state index is 13.3. The number of rotatable bonds is 3. The Labute approximate surface area is 177 Å². The van der Waals surface area contributed by atoms with E-state index in [-0.39, 0.29) is 0 Å². The molecule has 4 heterocycles. The van der Waals surface area contributed by atoms with E-state index in [1.165, 1.54) is 12.1 Å². The van der Waals surface area contributed by atoms with Crippen LogP contribution in [0.2, 0.25) is 0 Å². The number of aromatic nitrogens is 3. The van der Waals surface area contributed by atoms with Gasteiger partial charge in [0.1, 0.15) is 5.82 Å². The van der Waals surface area contributed by atoms with E-state index in [4.69, 9.17) is 14.7 Å². The van der Waals surface area contributed by atoms with E-state index in [0.29, 0.717) is 56.5 Å². The molecule has 160 valence electrons. The van der Waals surface area contributed by atoms with Crippen LogP contribution in [0.25, 0.3) is 11.3 Å². The molecule has 2 aliphatic rings. The Bertz CT molecular complexity index is 1080. The number of ether oxygens (including phenoxy) is 1. The number of morpholine rings is 1. The molecule has 0 radical (unpaired) electrons. The lowest BCUT2D eigenvalue weighted by Gasteiger charge is -2.28. The minimum atomic E-state index is -4.41. The number of nitrogens with zero attached hydrogens (tertiary/aromatic N) is 5. The minimum absolute atomic E-state index is 0.444. The molecule has 0 bridgehead atoms. The van der Waals surface area contributed by atoms with Crippen molar-refractivity contribution in [3.63, 3.8) is 0 Å². The number of benzene rings is 1. The molecule has 0 amide bonds. The molecule has 1 fully saturated rings. The number of hydrogen-bond acceptors (Lipinski definition) is 6. The highest BCUT2D eigenvalue weighted by molar-refractivity contribution is 5.77. The largest absolute Gasteiger partial charge is 0.416 e. The summed E-state index contributed by atoms with van der Waals surface area (Å²) in [7, 11) is 0. The number of fused-ring (bicyclic) bond motifs is 1. The summed E-state index contributed by atoms with van der Waals surface area (Å²) in [5.74, 6) is 1.24. The summed E-state index contributed by atoms with van der Waals surface area (Å²) in [6.45, 7) is 3.07. The van der Waals surface area contributed by atoms with Crippen molar-refractivity contribution in [2.45, 2.75) is 12.6 Å². The lowest BCUT2D eigenvalue weighted by atomic mass is 10.0. The molecule has 6 nitrogen and oxygen atoms in total. The Kier molecular flexibility index (Phi) is 4.97. The van der Waals surface area contributed by atoms with Gasteiger partial charge in [-0.05, 0) is 30.7 Å². The van der Waals surface area contributed by atoms with E-state index in [0.717, 1.165) is 23.1 Å². The van der Waals surface area contributed by atoms with E-state index in [1.54, 1.807) is 18.5 Å². The van der Waals surface area contributed by atoms with Crippen LogP contribution in [0.1, 0.15) is 11.1 Å². The highest BCUT2D eigenvalue weighted by Crippen LogP contribution is 2.40. The zero-order valence-electron chi connectivity index (χ0n) is 16.6. The van der Waals surface area contributed by atoms with Crippen LogP contribution in [0.5, 0.6) is 0 Å². The second-order valence-electron chi connectivity index (χ2n) is 7.46. The summed E-state index contributed by atoms with van der Waals surface area (Å²) in [5.41, 5.74) is 2.10. The number of pyridine rings is 1. The third-order valence-corrected chi connectivity index (χ3v) is 5.55. The van der Waals surface area contributed by atoms with Crippen molar-refractivity contribution < 1.29 is 17.9 Å². The van der Waals surface area contributed by atoms with Gasteiger partial charge in [0, 0.05) is 48.8 Å². The molecule has 0 aliphatic carbocycles. The van der Waals surface area contributed by atoms with Crippen molar-refractivity contribution in [3.8, 4) is 11.3 Å². The maximum absolute atomic E-state index is 13.3. The van der Waals surface area contributed by atoms with Gasteiger partial charge in [0.15, 0.2) is 0 Å². The summed E-state index contributed by atoms with van der Waals surface area (Å²) in [6, 6.07) is 9.15. The fraction of sp³-hybridized carbons (Fsp3) is 0.318. The predicted octanol–water partition coefficient (Wildman–Crippen LogP) is 4.09. The van der Waals surface area contributed by atoms with Gasteiger partial charge in [0.05, 0.1) is 24.5 Å². The van der Waals surface area contributed by atoms with Gasteiger partial charge in [-0.25, -0.2) is 4.98 Å². The van der Waals surface area contributed by atoms with Gasteiger partial charge < -0.3 is 14.5 Å². The lowest BCUT2D eigenvalue weighted by Crippen LogP contribution is -2.37. The van der Waals surface area contributed by atoms with E-state index in [1.807, 2.05) is 17.0 Å². The first-order valence-electron chi connectivity index (χ1n) is 10.1. The number of anilines is 3. The van der Waals surface area contributed by atoms with Gasteiger partial charge in [-0.2, -0.15) is 18.2 Å². The molecule has 0 saturated carbocycles. The third kappa shape index (κ3) is 3.81. The van der Waals surface area contributed by atoms with E-state index in [9.17, 15) is 13.2 Å². The zero-order chi connectivity index (χ0) is 21.4. The Hall–Kier alpha value is -3.20. The molecule has 2 aromatic heterocycles. The van der Waals surface area contributed by atoms with Crippen LogP contribution in [0.4, 0.5) is 30.6 Å². The Morgan fingerprint density at radius 1 is 0.935 bits per heavy atom. The third-order valence-electron chi connectivity index (χ3n) is 5.55. The van der Waals surface area contributed by atoms with Crippen molar-refractivity contribution in [1.82, 2.24) is 15.0 Å². The fourth-order valence-corrected chi connectivity index (χ4v) is 4.01. The lowest BCUT2D eigenvalue weighted by molar-refractivity contribution is -0.137. The summed E-state index contributed by atoms with van der Waals surface area (Å²) >= 11 is 0. The Morgan fingerprint density at radius 3 is 2.45 bits per heavy atom. The van der Waals surface area contributed by atoms with Crippen LogP contribution in [0.3, 0.4) is 0 Å². The van der Waals surface area contributed by atoms with E-state index in [2.05, 4.69) is 9.88 Å². The highest BCUT2D eigenvalue weighted by Gasteiger charge is 2.32.